The minimum atomic E-state index is 0.104. The van der Waals surface area contributed by atoms with E-state index in [9.17, 15) is 4.79 Å². The highest BCUT2D eigenvalue weighted by atomic mass is 16.5. The maximum atomic E-state index is 12.7. The summed E-state index contributed by atoms with van der Waals surface area (Å²) >= 11 is 0. The molecule has 28 heavy (non-hydrogen) atoms. The summed E-state index contributed by atoms with van der Waals surface area (Å²) in [6.45, 7) is 3.26. The standard InChI is InChI=1S/C22H24N4O2/c1-28-20-10-3-2-9-19(20)25-12-14-26(15-13-25)21(27)16-24-18-8-4-6-17-7-5-11-23-22(17)18/h2-11,24H,12-16H2,1H3. The number of nitrogens with one attached hydrogen (secondary N) is 1. The Morgan fingerprint density at radius 3 is 2.64 bits per heavy atom. The number of methoxy groups -OCH3 is 1. The molecule has 1 aliphatic heterocycles. The first-order chi connectivity index (χ1) is 13.8. The summed E-state index contributed by atoms with van der Waals surface area (Å²) in [5.74, 6) is 0.972. The number of aromatic nitrogens is 1. The Hall–Kier alpha value is -3.28. The number of benzene rings is 2. The SMILES string of the molecule is COc1ccccc1N1CCN(C(=O)CNc2cccc3cccnc23)CC1. The average Bonchev–Trinajstić information content (AvgIpc) is 2.77. The van der Waals surface area contributed by atoms with Crippen LogP contribution in [0.1, 0.15) is 0 Å². The van der Waals surface area contributed by atoms with E-state index in [1.807, 2.05) is 53.4 Å². The van der Waals surface area contributed by atoms with Gasteiger partial charge in [-0.3, -0.25) is 9.78 Å². The van der Waals surface area contributed by atoms with Crippen LogP contribution in [0.15, 0.2) is 60.8 Å². The summed E-state index contributed by atoms with van der Waals surface area (Å²) < 4.78 is 5.46. The molecule has 2 aromatic carbocycles. The van der Waals surface area contributed by atoms with Gasteiger partial charge < -0.3 is 19.9 Å². The second-order valence-corrected chi connectivity index (χ2v) is 6.77. The molecule has 4 rings (SSSR count). The van der Waals surface area contributed by atoms with E-state index >= 15 is 0 Å². The highest BCUT2D eigenvalue weighted by Crippen LogP contribution is 2.28. The van der Waals surface area contributed by atoms with Gasteiger partial charge in [-0.1, -0.05) is 30.3 Å². The number of piperazine rings is 1. The van der Waals surface area contributed by atoms with Crippen LogP contribution < -0.4 is 15.0 Å². The number of carbonyl (C=O) groups is 1. The average molecular weight is 376 g/mol. The van der Waals surface area contributed by atoms with Gasteiger partial charge in [0.2, 0.25) is 5.91 Å². The number of ether oxygens (including phenoxy) is 1. The highest BCUT2D eigenvalue weighted by molar-refractivity contribution is 5.92. The first-order valence-electron chi connectivity index (χ1n) is 9.49. The topological polar surface area (TPSA) is 57.7 Å². The van der Waals surface area contributed by atoms with Crippen molar-refractivity contribution in [2.45, 2.75) is 0 Å². The number of pyridine rings is 1. The number of para-hydroxylation sites is 3. The van der Waals surface area contributed by atoms with Gasteiger partial charge in [0.25, 0.3) is 0 Å². The van der Waals surface area contributed by atoms with Crippen LogP contribution in [-0.2, 0) is 4.79 Å². The van der Waals surface area contributed by atoms with Crippen molar-refractivity contribution >= 4 is 28.2 Å². The molecule has 1 saturated heterocycles. The molecule has 1 amide bonds. The Balaban J connectivity index is 1.35. The van der Waals surface area contributed by atoms with E-state index in [0.29, 0.717) is 13.1 Å². The summed E-state index contributed by atoms with van der Waals surface area (Å²) in [5, 5.41) is 4.32. The molecule has 1 aliphatic rings. The van der Waals surface area contributed by atoms with Crippen LogP contribution in [0.25, 0.3) is 10.9 Å². The molecule has 1 fully saturated rings. The molecule has 6 heteroatoms. The van der Waals surface area contributed by atoms with Crippen molar-refractivity contribution in [3.63, 3.8) is 0 Å². The molecule has 0 saturated carbocycles. The summed E-state index contributed by atoms with van der Waals surface area (Å²) in [5.41, 5.74) is 2.86. The quantitative estimate of drug-likeness (QED) is 0.742. The van der Waals surface area contributed by atoms with Crippen molar-refractivity contribution in [3.05, 3.63) is 60.8 Å². The van der Waals surface area contributed by atoms with Crippen LogP contribution in [-0.4, -0.2) is 55.6 Å². The first-order valence-corrected chi connectivity index (χ1v) is 9.49. The Morgan fingerprint density at radius 2 is 1.82 bits per heavy atom. The molecule has 0 radical (unpaired) electrons. The van der Waals surface area contributed by atoms with E-state index in [-0.39, 0.29) is 12.5 Å². The Morgan fingerprint density at radius 1 is 1.04 bits per heavy atom. The van der Waals surface area contributed by atoms with E-state index in [2.05, 4.69) is 21.3 Å². The van der Waals surface area contributed by atoms with Crippen LogP contribution in [0.4, 0.5) is 11.4 Å². The molecular formula is C22H24N4O2. The molecule has 6 nitrogen and oxygen atoms in total. The number of amides is 1. The Labute approximate surface area is 164 Å². The largest absolute Gasteiger partial charge is 0.495 e. The van der Waals surface area contributed by atoms with E-state index < -0.39 is 0 Å². The third-order valence-electron chi connectivity index (χ3n) is 5.12. The lowest BCUT2D eigenvalue weighted by atomic mass is 10.2. The predicted octanol–water partition coefficient (Wildman–Crippen LogP) is 3.00. The zero-order valence-corrected chi connectivity index (χ0v) is 16.0. The highest BCUT2D eigenvalue weighted by Gasteiger charge is 2.22. The predicted molar refractivity (Wildman–Crippen MR) is 112 cm³/mol. The molecule has 0 spiro atoms. The van der Waals surface area contributed by atoms with Gasteiger partial charge in [0.15, 0.2) is 0 Å². The van der Waals surface area contributed by atoms with Gasteiger partial charge >= 0.3 is 0 Å². The van der Waals surface area contributed by atoms with Crippen molar-refractivity contribution in [1.82, 2.24) is 9.88 Å². The van der Waals surface area contributed by atoms with Crippen LogP contribution in [0.3, 0.4) is 0 Å². The third-order valence-corrected chi connectivity index (χ3v) is 5.12. The van der Waals surface area contributed by atoms with Crippen LogP contribution in [0, 0.1) is 0 Å². The smallest absolute Gasteiger partial charge is 0.241 e. The van der Waals surface area contributed by atoms with Crippen LogP contribution >= 0.6 is 0 Å². The summed E-state index contributed by atoms with van der Waals surface area (Å²) in [7, 11) is 1.69. The number of carbonyl (C=O) groups excluding carboxylic acids is 1. The lowest BCUT2D eigenvalue weighted by molar-refractivity contribution is -0.129. The van der Waals surface area contributed by atoms with E-state index in [1.54, 1.807) is 13.3 Å². The normalized spacial score (nSPS) is 14.2. The molecule has 0 atom stereocenters. The van der Waals surface area contributed by atoms with Gasteiger partial charge in [0.05, 0.1) is 30.5 Å². The number of nitrogens with zero attached hydrogens (tertiary/aromatic N) is 3. The van der Waals surface area contributed by atoms with Crippen molar-refractivity contribution in [2.24, 2.45) is 0 Å². The zero-order valence-electron chi connectivity index (χ0n) is 16.0. The molecule has 0 bridgehead atoms. The molecule has 0 unspecified atom stereocenters. The van der Waals surface area contributed by atoms with Crippen LogP contribution in [0.2, 0.25) is 0 Å². The van der Waals surface area contributed by atoms with Gasteiger partial charge in [-0.25, -0.2) is 0 Å². The summed E-state index contributed by atoms with van der Waals surface area (Å²) in [4.78, 5) is 21.3. The molecular weight excluding hydrogens is 352 g/mol. The van der Waals surface area contributed by atoms with Gasteiger partial charge in [-0.2, -0.15) is 0 Å². The molecule has 1 aromatic heterocycles. The van der Waals surface area contributed by atoms with Crippen molar-refractivity contribution in [3.8, 4) is 5.75 Å². The number of fused-ring (bicyclic) bond motifs is 1. The monoisotopic (exact) mass is 376 g/mol. The first kappa shape index (κ1) is 18.1. The van der Waals surface area contributed by atoms with E-state index in [0.717, 1.165) is 41.1 Å². The van der Waals surface area contributed by atoms with Crippen LogP contribution in [0.5, 0.6) is 5.75 Å². The van der Waals surface area contributed by atoms with Crippen molar-refractivity contribution in [1.29, 1.82) is 0 Å². The zero-order chi connectivity index (χ0) is 19.3. The number of hydrogen-bond acceptors (Lipinski definition) is 5. The number of rotatable bonds is 5. The lowest BCUT2D eigenvalue weighted by Crippen LogP contribution is -2.50. The fourth-order valence-electron chi connectivity index (χ4n) is 3.62. The maximum Gasteiger partial charge on any atom is 0.241 e. The fraction of sp³-hybridized carbons (Fsp3) is 0.273. The molecule has 3 aromatic rings. The molecule has 2 heterocycles. The van der Waals surface area contributed by atoms with Gasteiger partial charge in [-0.05, 0) is 24.3 Å². The van der Waals surface area contributed by atoms with Gasteiger partial charge in [-0.15, -0.1) is 0 Å². The summed E-state index contributed by atoms with van der Waals surface area (Å²) in [6, 6.07) is 17.9. The lowest BCUT2D eigenvalue weighted by Gasteiger charge is -2.36. The van der Waals surface area contributed by atoms with Crippen molar-refractivity contribution < 1.29 is 9.53 Å². The number of hydrogen-bond donors (Lipinski definition) is 1. The maximum absolute atomic E-state index is 12.7. The Kier molecular flexibility index (Phi) is 5.28. The minimum Gasteiger partial charge on any atom is -0.495 e. The van der Waals surface area contributed by atoms with Crippen molar-refractivity contribution in [2.75, 3.05) is 50.1 Å². The molecule has 1 N–H and O–H groups in total. The Bertz CT molecular complexity index is 962. The fourth-order valence-corrected chi connectivity index (χ4v) is 3.62. The number of anilines is 2. The van der Waals surface area contributed by atoms with E-state index in [1.165, 1.54) is 0 Å². The minimum absolute atomic E-state index is 0.104. The summed E-state index contributed by atoms with van der Waals surface area (Å²) in [6.07, 6.45) is 1.77. The molecule has 144 valence electrons. The van der Waals surface area contributed by atoms with Gasteiger partial charge in [0.1, 0.15) is 5.75 Å². The molecule has 0 aliphatic carbocycles. The third kappa shape index (κ3) is 3.71. The second-order valence-electron chi connectivity index (χ2n) is 6.77. The van der Waals surface area contributed by atoms with Gasteiger partial charge in [0, 0.05) is 37.8 Å². The van der Waals surface area contributed by atoms with E-state index in [4.69, 9.17) is 4.74 Å². The second kappa shape index (κ2) is 8.17.